The van der Waals surface area contributed by atoms with Gasteiger partial charge in [-0.25, -0.2) is 0 Å². The number of hydrogen-bond donors (Lipinski definition) is 1. The first kappa shape index (κ1) is 34.9. The normalized spacial score (nSPS) is 32.6. The van der Waals surface area contributed by atoms with Gasteiger partial charge in [0.15, 0.2) is 0 Å². The van der Waals surface area contributed by atoms with Gasteiger partial charge >= 0.3 is 0 Å². The van der Waals surface area contributed by atoms with Gasteiger partial charge in [0.25, 0.3) is 0 Å². The summed E-state index contributed by atoms with van der Waals surface area (Å²) in [6, 6.07) is 2.18. The highest BCUT2D eigenvalue weighted by Crippen LogP contribution is 2.45. The van der Waals surface area contributed by atoms with Crippen LogP contribution >= 0.6 is 0 Å². The number of piperidine rings is 1. The third-order valence-corrected chi connectivity index (χ3v) is 12.2. The second kappa shape index (κ2) is 16.9. The van der Waals surface area contributed by atoms with Gasteiger partial charge in [-0.05, 0) is 125 Å². The van der Waals surface area contributed by atoms with Crippen LogP contribution in [0.3, 0.4) is 0 Å². The molecule has 2 heteroatoms. The molecule has 0 radical (unpaired) electrons. The number of nitrogens with one attached hydrogen (secondary N) is 1. The minimum atomic E-state index is 0.601. The van der Waals surface area contributed by atoms with Crippen LogP contribution in [0.2, 0.25) is 0 Å². The van der Waals surface area contributed by atoms with Crippen molar-refractivity contribution in [1.29, 1.82) is 0 Å². The summed E-state index contributed by atoms with van der Waals surface area (Å²) < 4.78 is 0. The summed E-state index contributed by atoms with van der Waals surface area (Å²) in [7, 11) is 2.28. The summed E-state index contributed by atoms with van der Waals surface area (Å²) in [5.74, 6) is 7.83. The van der Waals surface area contributed by atoms with Crippen LogP contribution in [-0.4, -0.2) is 36.6 Å². The quantitative estimate of drug-likeness (QED) is 0.163. The molecule has 1 saturated carbocycles. The summed E-state index contributed by atoms with van der Waals surface area (Å²) in [6.45, 7) is 28.8. The molecule has 10 unspecified atom stereocenters. The standard InChI is InChI=1S/C37H72N2/c1-13-15-16-17-18-28(7)30(9)36(27(6)14-2)37(38-12)35(25(3)4)31(10)33-19-21-34(22-20-33)39-24-26(5)23-29(8)32(39)11/h13,15,25-38H,14,16-24H2,1-12H3/b15-13-. The molecule has 0 aromatic heterocycles. The van der Waals surface area contributed by atoms with Gasteiger partial charge in [0.05, 0.1) is 0 Å². The molecular formula is C37H72N2. The van der Waals surface area contributed by atoms with Crippen LogP contribution in [0, 0.1) is 59.2 Å². The second-order valence-electron chi connectivity index (χ2n) is 15.1. The van der Waals surface area contributed by atoms with Crippen LogP contribution in [0.15, 0.2) is 12.2 Å². The molecule has 1 aliphatic carbocycles. The summed E-state index contributed by atoms with van der Waals surface area (Å²) in [6.07, 6.45) is 16.9. The fourth-order valence-electron chi connectivity index (χ4n) is 9.34. The molecule has 2 nitrogen and oxygen atoms in total. The van der Waals surface area contributed by atoms with Crippen molar-refractivity contribution in [2.45, 2.75) is 152 Å². The molecule has 2 fully saturated rings. The molecule has 0 amide bonds. The predicted octanol–water partition coefficient (Wildman–Crippen LogP) is 10.1. The molecule has 1 saturated heterocycles. The van der Waals surface area contributed by atoms with E-state index in [2.05, 4.69) is 106 Å². The van der Waals surface area contributed by atoms with E-state index in [0.717, 1.165) is 65.3 Å². The van der Waals surface area contributed by atoms with Crippen LogP contribution in [0.4, 0.5) is 0 Å². The van der Waals surface area contributed by atoms with E-state index in [-0.39, 0.29) is 0 Å². The van der Waals surface area contributed by atoms with Gasteiger partial charge in [-0.1, -0.05) is 87.3 Å². The Balaban J connectivity index is 2.15. The van der Waals surface area contributed by atoms with E-state index >= 15 is 0 Å². The van der Waals surface area contributed by atoms with E-state index in [1.54, 1.807) is 0 Å². The molecule has 1 N–H and O–H groups in total. The number of unbranched alkanes of at least 4 members (excludes halogenated alkanes) is 1. The molecule has 1 heterocycles. The van der Waals surface area contributed by atoms with Crippen molar-refractivity contribution < 1.29 is 0 Å². The Hall–Kier alpha value is -0.340. The maximum absolute atomic E-state index is 3.99. The lowest BCUT2D eigenvalue weighted by Crippen LogP contribution is -2.53. The zero-order chi connectivity index (χ0) is 29.3. The van der Waals surface area contributed by atoms with E-state index in [1.807, 2.05) is 0 Å². The first-order valence-corrected chi connectivity index (χ1v) is 17.5. The van der Waals surface area contributed by atoms with Crippen molar-refractivity contribution in [2.24, 2.45) is 59.2 Å². The SMILES string of the molecule is C/C=C\CCCC(C)C(C)C(C(C)CC)C(NC)C(C(C)C)C(C)C1CCC(N2CC(C)CC(C)C2C)CC1. The highest BCUT2D eigenvalue weighted by Gasteiger charge is 2.43. The van der Waals surface area contributed by atoms with Crippen LogP contribution in [0.1, 0.15) is 134 Å². The number of hydrogen-bond acceptors (Lipinski definition) is 2. The average Bonchev–Trinajstić information content (AvgIpc) is 2.91. The second-order valence-corrected chi connectivity index (χ2v) is 15.1. The highest BCUT2D eigenvalue weighted by atomic mass is 15.2. The maximum atomic E-state index is 3.99. The Morgan fingerprint density at radius 3 is 2.08 bits per heavy atom. The Morgan fingerprint density at radius 1 is 0.897 bits per heavy atom. The van der Waals surface area contributed by atoms with Gasteiger partial charge in [0, 0.05) is 24.7 Å². The van der Waals surface area contributed by atoms with Crippen molar-refractivity contribution in [3.05, 3.63) is 12.2 Å². The predicted molar refractivity (Wildman–Crippen MR) is 175 cm³/mol. The van der Waals surface area contributed by atoms with Crippen molar-refractivity contribution in [3.8, 4) is 0 Å². The highest BCUT2D eigenvalue weighted by molar-refractivity contribution is 4.96. The summed E-state index contributed by atoms with van der Waals surface area (Å²) in [5, 5.41) is 3.99. The van der Waals surface area contributed by atoms with Crippen molar-refractivity contribution in [2.75, 3.05) is 13.6 Å². The minimum absolute atomic E-state index is 0.601. The zero-order valence-corrected chi connectivity index (χ0v) is 28.7. The fourth-order valence-corrected chi connectivity index (χ4v) is 9.34. The van der Waals surface area contributed by atoms with Gasteiger partial charge in [-0.2, -0.15) is 0 Å². The molecule has 0 spiro atoms. The van der Waals surface area contributed by atoms with Gasteiger partial charge in [0.1, 0.15) is 0 Å². The van der Waals surface area contributed by atoms with Gasteiger partial charge in [-0.3, -0.25) is 4.90 Å². The van der Waals surface area contributed by atoms with Crippen molar-refractivity contribution in [1.82, 2.24) is 10.2 Å². The molecule has 2 rings (SSSR count). The van der Waals surface area contributed by atoms with Gasteiger partial charge < -0.3 is 5.32 Å². The molecule has 2 aliphatic rings. The van der Waals surface area contributed by atoms with Crippen LogP contribution in [0.25, 0.3) is 0 Å². The lowest BCUT2D eigenvalue weighted by Gasteiger charge is -2.50. The topological polar surface area (TPSA) is 15.3 Å². The molecule has 230 valence electrons. The molecule has 0 bridgehead atoms. The molecule has 39 heavy (non-hydrogen) atoms. The van der Waals surface area contributed by atoms with Gasteiger partial charge in [0.2, 0.25) is 0 Å². The third kappa shape index (κ3) is 9.33. The molecule has 0 aromatic carbocycles. The largest absolute Gasteiger partial charge is 0.316 e. The van der Waals surface area contributed by atoms with Gasteiger partial charge in [-0.15, -0.1) is 0 Å². The zero-order valence-electron chi connectivity index (χ0n) is 28.7. The van der Waals surface area contributed by atoms with E-state index in [4.69, 9.17) is 0 Å². The molecular weight excluding hydrogens is 472 g/mol. The number of allylic oxidation sites excluding steroid dienone is 2. The van der Waals surface area contributed by atoms with E-state index in [0.29, 0.717) is 12.0 Å². The van der Waals surface area contributed by atoms with E-state index in [9.17, 15) is 0 Å². The molecule has 1 aliphatic heterocycles. The average molecular weight is 545 g/mol. The monoisotopic (exact) mass is 545 g/mol. The Labute approximate surface area is 246 Å². The van der Waals surface area contributed by atoms with Crippen LogP contribution in [-0.2, 0) is 0 Å². The maximum Gasteiger partial charge on any atom is 0.0131 e. The lowest BCUT2D eigenvalue weighted by atomic mass is 9.61. The van der Waals surface area contributed by atoms with E-state index < -0.39 is 0 Å². The minimum Gasteiger partial charge on any atom is -0.316 e. The molecule has 0 aromatic rings. The fraction of sp³-hybridized carbons (Fsp3) is 0.946. The van der Waals surface area contributed by atoms with E-state index in [1.165, 1.54) is 64.3 Å². The lowest BCUT2D eigenvalue weighted by molar-refractivity contribution is 0.00277. The smallest absolute Gasteiger partial charge is 0.0131 e. The van der Waals surface area contributed by atoms with Crippen LogP contribution in [0.5, 0.6) is 0 Å². The number of nitrogens with zero attached hydrogens (tertiary/aromatic N) is 1. The Morgan fingerprint density at radius 2 is 1.54 bits per heavy atom. The number of likely N-dealkylation sites (tertiary alicyclic amines) is 1. The Kier molecular flexibility index (Phi) is 15.1. The third-order valence-electron chi connectivity index (χ3n) is 12.2. The first-order chi connectivity index (χ1) is 18.5. The molecule has 10 atom stereocenters. The van der Waals surface area contributed by atoms with Crippen molar-refractivity contribution in [3.63, 3.8) is 0 Å². The summed E-state index contributed by atoms with van der Waals surface area (Å²) in [4.78, 5) is 2.92. The first-order valence-electron chi connectivity index (χ1n) is 17.5. The Bertz CT molecular complexity index is 677. The van der Waals surface area contributed by atoms with Crippen LogP contribution < -0.4 is 5.32 Å². The van der Waals surface area contributed by atoms with Crippen molar-refractivity contribution >= 4 is 0 Å². The summed E-state index contributed by atoms with van der Waals surface area (Å²) >= 11 is 0. The summed E-state index contributed by atoms with van der Waals surface area (Å²) in [5.41, 5.74) is 0. The number of rotatable bonds is 15.